The first-order valence-corrected chi connectivity index (χ1v) is 9.14. The second kappa shape index (κ2) is 8.67. The van der Waals surface area contributed by atoms with E-state index in [9.17, 15) is 9.59 Å². The zero-order valence-corrected chi connectivity index (χ0v) is 16.5. The number of carbonyl (C=O) groups excluding carboxylic acids is 2. The molecule has 150 valence electrons. The van der Waals surface area contributed by atoms with Gasteiger partial charge in [0, 0.05) is 13.2 Å². The number of nitrogens with zero attached hydrogens (tertiary/aromatic N) is 1. The third-order valence-corrected chi connectivity index (χ3v) is 5.52. The first-order chi connectivity index (χ1) is 12.7. The van der Waals surface area contributed by atoms with Crippen molar-refractivity contribution in [1.29, 1.82) is 0 Å². The molecule has 0 radical (unpaired) electrons. The van der Waals surface area contributed by atoms with Crippen LogP contribution in [-0.4, -0.2) is 36.6 Å². The van der Waals surface area contributed by atoms with Gasteiger partial charge in [-0.2, -0.15) is 0 Å². The van der Waals surface area contributed by atoms with Crippen LogP contribution < -0.4 is 21.3 Å². The van der Waals surface area contributed by atoms with Crippen molar-refractivity contribution in [2.45, 2.75) is 52.6 Å². The van der Waals surface area contributed by atoms with Gasteiger partial charge in [0.2, 0.25) is 5.88 Å². The summed E-state index contributed by atoms with van der Waals surface area (Å²) in [6.07, 6.45) is 5.52. The van der Waals surface area contributed by atoms with Crippen molar-refractivity contribution in [3.05, 3.63) is 18.3 Å². The van der Waals surface area contributed by atoms with Gasteiger partial charge in [0.1, 0.15) is 6.10 Å². The van der Waals surface area contributed by atoms with Gasteiger partial charge in [-0.1, -0.05) is 20.8 Å². The van der Waals surface area contributed by atoms with Gasteiger partial charge in [-0.15, -0.1) is 0 Å². The fraction of sp³-hybridized carbons (Fsp3) is 0.632. The minimum absolute atomic E-state index is 0.105. The molecule has 0 aromatic carbocycles. The lowest BCUT2D eigenvalue weighted by molar-refractivity contribution is -0.136. The number of nitrogens with two attached hydrogens (primary N) is 1. The lowest BCUT2D eigenvalue weighted by atomic mass is 9.59. The van der Waals surface area contributed by atoms with Gasteiger partial charge in [0.25, 0.3) is 0 Å². The van der Waals surface area contributed by atoms with Crippen LogP contribution in [0.1, 0.15) is 46.5 Å². The molecule has 0 aliphatic heterocycles. The molecule has 1 aromatic heterocycles. The van der Waals surface area contributed by atoms with E-state index in [1.54, 1.807) is 24.7 Å². The molecule has 1 aromatic rings. The molecular weight excluding hydrogens is 348 g/mol. The number of methoxy groups -OCH3 is 1. The molecule has 1 aliphatic rings. The van der Waals surface area contributed by atoms with Gasteiger partial charge in [0.05, 0.1) is 18.5 Å². The van der Waals surface area contributed by atoms with Gasteiger partial charge >= 0.3 is 11.8 Å². The van der Waals surface area contributed by atoms with Crippen molar-refractivity contribution in [3.63, 3.8) is 0 Å². The monoisotopic (exact) mass is 378 g/mol. The Hall–Kier alpha value is -2.19. The molecule has 0 spiro atoms. The molecular formula is C19H30N4O4. The predicted molar refractivity (Wildman–Crippen MR) is 102 cm³/mol. The predicted octanol–water partition coefficient (Wildman–Crippen LogP) is 2.01. The lowest BCUT2D eigenvalue weighted by Gasteiger charge is -2.48. The Balaban J connectivity index is 1.92. The summed E-state index contributed by atoms with van der Waals surface area (Å²) in [5.74, 6) is 3.64. The summed E-state index contributed by atoms with van der Waals surface area (Å²) in [6, 6.07) is 3.31. The van der Waals surface area contributed by atoms with Crippen LogP contribution in [-0.2, 0) is 14.3 Å². The van der Waals surface area contributed by atoms with Gasteiger partial charge in [0.15, 0.2) is 0 Å². The molecule has 8 nitrogen and oxygen atoms in total. The maximum atomic E-state index is 11.5. The van der Waals surface area contributed by atoms with Crippen LogP contribution in [0.5, 0.6) is 5.88 Å². The fourth-order valence-electron chi connectivity index (χ4n) is 3.60. The maximum Gasteiger partial charge on any atom is 0.323 e. The Bertz CT molecular complexity index is 647. The Labute approximate surface area is 160 Å². The Kier molecular flexibility index (Phi) is 6.78. The van der Waals surface area contributed by atoms with E-state index in [0.717, 1.165) is 32.3 Å². The first kappa shape index (κ1) is 21.1. The van der Waals surface area contributed by atoms with Crippen LogP contribution in [0.4, 0.5) is 5.69 Å². The maximum absolute atomic E-state index is 11.5. The molecule has 0 bridgehead atoms. The van der Waals surface area contributed by atoms with Crippen LogP contribution in [0, 0.1) is 10.8 Å². The van der Waals surface area contributed by atoms with E-state index < -0.39 is 11.8 Å². The summed E-state index contributed by atoms with van der Waals surface area (Å²) in [6.45, 7) is 7.57. The van der Waals surface area contributed by atoms with Crippen LogP contribution in [0.15, 0.2) is 18.3 Å². The van der Waals surface area contributed by atoms with Gasteiger partial charge < -0.3 is 14.8 Å². The third-order valence-electron chi connectivity index (χ3n) is 5.52. The molecule has 1 heterocycles. The highest BCUT2D eigenvalue weighted by atomic mass is 16.5. The average molecular weight is 378 g/mol. The Morgan fingerprint density at radius 2 is 1.93 bits per heavy atom. The van der Waals surface area contributed by atoms with E-state index in [1.165, 1.54) is 6.20 Å². The molecule has 0 atom stereocenters. The summed E-state index contributed by atoms with van der Waals surface area (Å²) in [5.41, 5.74) is 2.49. The fourth-order valence-corrected chi connectivity index (χ4v) is 3.60. The molecule has 1 saturated carbocycles. The number of anilines is 1. The molecule has 27 heavy (non-hydrogen) atoms. The number of aromatic nitrogens is 1. The van der Waals surface area contributed by atoms with Crippen molar-refractivity contribution in [2.24, 2.45) is 16.7 Å². The number of hydrogen-bond acceptors (Lipinski definition) is 6. The molecule has 4 N–H and O–H groups in total. The summed E-state index contributed by atoms with van der Waals surface area (Å²) in [5, 5.41) is 2.40. The molecule has 8 heteroatoms. The molecule has 1 fully saturated rings. The van der Waals surface area contributed by atoms with E-state index in [-0.39, 0.29) is 16.9 Å². The summed E-state index contributed by atoms with van der Waals surface area (Å²) in [4.78, 5) is 26.8. The number of ether oxygens (including phenoxy) is 2. The summed E-state index contributed by atoms with van der Waals surface area (Å²) >= 11 is 0. The third kappa shape index (κ3) is 5.17. The number of nitrogens with one attached hydrogen (secondary N) is 2. The van der Waals surface area contributed by atoms with Gasteiger partial charge in [-0.05, 0) is 42.6 Å². The smallest absolute Gasteiger partial charge is 0.323 e. The number of pyridine rings is 1. The van der Waals surface area contributed by atoms with Crippen LogP contribution in [0.25, 0.3) is 0 Å². The SMILES string of the molecule is COCC1(C(C)(C)C)CCC(Oc2ccc(NC(=O)C(=O)NN)cn2)CC1. The van der Waals surface area contributed by atoms with E-state index in [2.05, 4.69) is 31.1 Å². The summed E-state index contributed by atoms with van der Waals surface area (Å²) < 4.78 is 11.5. The molecule has 0 saturated heterocycles. The lowest BCUT2D eigenvalue weighted by Crippen LogP contribution is -2.44. The van der Waals surface area contributed by atoms with Crippen LogP contribution in [0.3, 0.4) is 0 Å². The number of amides is 2. The van der Waals surface area contributed by atoms with E-state index in [4.69, 9.17) is 15.3 Å². The highest BCUT2D eigenvalue weighted by Crippen LogP contribution is 2.50. The van der Waals surface area contributed by atoms with Crippen molar-refractivity contribution >= 4 is 17.5 Å². The normalized spacial score (nSPS) is 22.8. The highest BCUT2D eigenvalue weighted by Gasteiger charge is 2.44. The number of rotatable bonds is 5. The topological polar surface area (TPSA) is 116 Å². The zero-order chi connectivity index (χ0) is 20.1. The second-order valence-electron chi connectivity index (χ2n) is 8.09. The molecule has 2 rings (SSSR count). The van der Waals surface area contributed by atoms with Crippen LogP contribution in [0.2, 0.25) is 0 Å². The Morgan fingerprint density at radius 1 is 1.26 bits per heavy atom. The second-order valence-corrected chi connectivity index (χ2v) is 8.09. The van der Waals surface area contributed by atoms with Crippen molar-refractivity contribution < 1.29 is 19.1 Å². The minimum Gasteiger partial charge on any atom is -0.474 e. The van der Waals surface area contributed by atoms with E-state index in [0.29, 0.717) is 11.6 Å². The molecule has 2 amide bonds. The standard InChI is InChI=1S/C19H30N4O4/c1-18(2,3)19(12-26-4)9-7-14(8-10-19)27-15-6-5-13(11-21-15)22-16(24)17(25)23-20/h5-6,11,14H,7-10,12,20H2,1-4H3,(H,22,24)(H,23,25). The van der Waals surface area contributed by atoms with Crippen molar-refractivity contribution in [1.82, 2.24) is 10.4 Å². The summed E-state index contributed by atoms with van der Waals surface area (Å²) in [7, 11) is 1.76. The molecule has 1 aliphatic carbocycles. The van der Waals surface area contributed by atoms with Crippen LogP contribution >= 0.6 is 0 Å². The number of hydrazine groups is 1. The first-order valence-electron chi connectivity index (χ1n) is 9.14. The average Bonchev–Trinajstić information content (AvgIpc) is 2.63. The quantitative estimate of drug-likeness (QED) is 0.312. The number of carbonyl (C=O) groups is 2. The van der Waals surface area contributed by atoms with Crippen molar-refractivity contribution in [3.8, 4) is 5.88 Å². The Morgan fingerprint density at radius 3 is 2.41 bits per heavy atom. The minimum atomic E-state index is -0.920. The van der Waals surface area contributed by atoms with Crippen molar-refractivity contribution in [2.75, 3.05) is 19.0 Å². The largest absolute Gasteiger partial charge is 0.474 e. The van der Waals surface area contributed by atoms with E-state index in [1.807, 2.05) is 0 Å². The van der Waals surface area contributed by atoms with E-state index >= 15 is 0 Å². The van der Waals surface area contributed by atoms with Gasteiger partial charge in [-0.3, -0.25) is 15.0 Å². The number of hydrogen-bond donors (Lipinski definition) is 3. The van der Waals surface area contributed by atoms with Gasteiger partial charge in [-0.25, -0.2) is 10.8 Å². The zero-order valence-electron chi connectivity index (χ0n) is 16.5. The molecule has 0 unspecified atom stereocenters. The highest BCUT2D eigenvalue weighted by molar-refractivity contribution is 6.39.